The van der Waals surface area contributed by atoms with E-state index in [0.29, 0.717) is 9.99 Å². The van der Waals surface area contributed by atoms with Crippen LogP contribution in [0.4, 0.5) is 0 Å². The molecule has 0 radical (unpaired) electrons. The third kappa shape index (κ3) is 5.34. The predicted molar refractivity (Wildman–Crippen MR) is 107 cm³/mol. The highest BCUT2D eigenvalue weighted by atomic mass is 127. The zero-order valence-electron chi connectivity index (χ0n) is 14.3. The van der Waals surface area contributed by atoms with E-state index in [2.05, 4.69) is 15.2 Å². The van der Waals surface area contributed by atoms with Gasteiger partial charge in [0.15, 0.2) is 12.3 Å². The van der Waals surface area contributed by atoms with Gasteiger partial charge in [-0.1, -0.05) is 58.1 Å². The smallest absolute Gasteiger partial charge is 0.341 e. The van der Waals surface area contributed by atoms with Crippen LogP contribution >= 0.6 is 34.5 Å². The maximum Gasteiger partial charge on any atom is 0.341 e. The van der Waals surface area contributed by atoms with Gasteiger partial charge >= 0.3 is 11.9 Å². The number of rotatable bonds is 9. The van der Waals surface area contributed by atoms with E-state index >= 15 is 0 Å². The molecule has 1 aromatic carbocycles. The van der Waals surface area contributed by atoms with Crippen LogP contribution in [0, 0.1) is 0 Å². The van der Waals surface area contributed by atoms with Gasteiger partial charge in [0.2, 0.25) is 0 Å². The number of halogens is 1. The maximum atomic E-state index is 12.4. The fraction of sp³-hybridized carbons (Fsp3) is 0.312. The van der Waals surface area contributed by atoms with Crippen molar-refractivity contribution in [3.05, 3.63) is 35.9 Å². The molecule has 1 heterocycles. The largest absolute Gasteiger partial charge is 0.479 e. The summed E-state index contributed by atoms with van der Waals surface area (Å²) in [5.41, 5.74) is 0.177. The van der Waals surface area contributed by atoms with E-state index in [1.165, 1.54) is 4.31 Å². The number of nitrogens with zero attached hydrogens (tertiary/aromatic N) is 2. The van der Waals surface area contributed by atoms with Crippen LogP contribution in [-0.2, 0) is 23.9 Å². The Balaban J connectivity index is 1.93. The highest BCUT2D eigenvalue weighted by Crippen LogP contribution is 2.30. The summed E-state index contributed by atoms with van der Waals surface area (Å²) in [6, 6.07) is 7.08. The number of ether oxygens (including phenoxy) is 1. The molecule has 0 bridgehead atoms. The Labute approximate surface area is 177 Å². The van der Waals surface area contributed by atoms with Crippen LogP contribution in [0.1, 0.15) is 5.56 Å². The molecule has 28 heavy (non-hydrogen) atoms. The van der Waals surface area contributed by atoms with Crippen molar-refractivity contribution >= 4 is 64.0 Å². The molecule has 0 aromatic heterocycles. The number of aliphatic carboxylic acids is 1. The first kappa shape index (κ1) is 21.9. The van der Waals surface area contributed by atoms with Crippen LogP contribution in [0.5, 0.6) is 0 Å². The summed E-state index contributed by atoms with van der Waals surface area (Å²) in [6.07, 6.45) is 0. The lowest BCUT2D eigenvalue weighted by atomic mass is 10.00. The summed E-state index contributed by atoms with van der Waals surface area (Å²) in [5, 5.41) is 23.2. The SMILES string of the molecule is O=C(O)COC(=O)CSN1C(=O)C(NC(=O)/C(=N\O)c2ccccc2)C1CI. The van der Waals surface area contributed by atoms with Crippen LogP contribution in [0.25, 0.3) is 0 Å². The number of carboxylic acids is 1. The number of hydrogen-bond donors (Lipinski definition) is 3. The number of β-lactam (4-membered cyclic amide) rings is 1. The number of carbonyl (C=O) groups is 4. The molecule has 1 aromatic rings. The number of nitrogens with one attached hydrogen (secondary N) is 1. The molecule has 150 valence electrons. The van der Waals surface area contributed by atoms with Crippen LogP contribution in [0.2, 0.25) is 0 Å². The minimum absolute atomic E-state index is 0.219. The Hall–Kier alpha value is -2.35. The van der Waals surface area contributed by atoms with Crippen molar-refractivity contribution in [1.29, 1.82) is 0 Å². The van der Waals surface area contributed by atoms with Gasteiger partial charge in [0.25, 0.3) is 11.8 Å². The van der Waals surface area contributed by atoms with Crippen molar-refractivity contribution in [3.63, 3.8) is 0 Å². The second-order valence-electron chi connectivity index (χ2n) is 5.48. The van der Waals surface area contributed by atoms with Crippen molar-refractivity contribution in [2.75, 3.05) is 16.8 Å². The maximum absolute atomic E-state index is 12.4. The molecule has 1 saturated heterocycles. The highest BCUT2D eigenvalue weighted by Gasteiger charge is 2.48. The number of carboxylic acid groups (broad SMARTS) is 1. The Bertz CT molecular complexity index is 790. The second-order valence-corrected chi connectivity index (χ2v) is 7.30. The average Bonchev–Trinajstić information content (AvgIpc) is 2.69. The van der Waals surface area contributed by atoms with Gasteiger partial charge in [-0.25, -0.2) is 4.79 Å². The van der Waals surface area contributed by atoms with Crippen molar-refractivity contribution < 1.29 is 34.2 Å². The van der Waals surface area contributed by atoms with Crippen LogP contribution < -0.4 is 5.32 Å². The van der Waals surface area contributed by atoms with Crippen LogP contribution in [0.3, 0.4) is 0 Å². The molecule has 3 N–H and O–H groups in total. The Morgan fingerprint density at radius 2 is 1.96 bits per heavy atom. The second kappa shape index (κ2) is 10.3. The normalized spacial score (nSPS) is 19.0. The van der Waals surface area contributed by atoms with Gasteiger partial charge in [-0.3, -0.25) is 18.7 Å². The van der Waals surface area contributed by atoms with Gasteiger partial charge in [0, 0.05) is 9.99 Å². The average molecular weight is 521 g/mol. The number of alkyl halides is 1. The lowest BCUT2D eigenvalue weighted by Crippen LogP contribution is -2.69. The molecule has 2 amide bonds. The summed E-state index contributed by atoms with van der Waals surface area (Å²) in [6.45, 7) is -0.746. The van der Waals surface area contributed by atoms with E-state index in [1.807, 2.05) is 22.6 Å². The van der Waals surface area contributed by atoms with Gasteiger partial charge < -0.3 is 20.4 Å². The molecule has 2 atom stereocenters. The first-order chi connectivity index (χ1) is 13.4. The third-order valence-corrected chi connectivity index (χ3v) is 5.65. The van der Waals surface area contributed by atoms with E-state index < -0.39 is 36.4 Å². The Morgan fingerprint density at radius 3 is 2.54 bits per heavy atom. The molecular formula is C16H16IN3O7S. The summed E-state index contributed by atoms with van der Waals surface area (Å²) in [4.78, 5) is 46.6. The molecule has 2 rings (SSSR count). The minimum Gasteiger partial charge on any atom is -0.479 e. The standard InChI is InChI=1S/C16H16IN3O7S/c17-6-10-14(16(25)20(10)28-8-12(23)27-7-11(21)22)18-15(24)13(19-26)9-4-2-1-3-5-9/h1-5,10,14,26H,6-8H2,(H,18,24)(H,21,22)/b19-13-. The fourth-order valence-electron chi connectivity index (χ4n) is 2.33. The van der Waals surface area contributed by atoms with Gasteiger partial charge in [-0.15, -0.1) is 0 Å². The van der Waals surface area contributed by atoms with Crippen molar-refractivity contribution in [2.24, 2.45) is 5.16 Å². The van der Waals surface area contributed by atoms with Crippen molar-refractivity contribution in [2.45, 2.75) is 12.1 Å². The van der Waals surface area contributed by atoms with Crippen LogP contribution in [-0.4, -0.2) is 73.0 Å². The number of esters is 1. The number of benzene rings is 1. The zero-order valence-corrected chi connectivity index (χ0v) is 17.3. The summed E-state index contributed by atoms with van der Waals surface area (Å²) in [5.74, 6) is -3.39. The fourth-order valence-corrected chi connectivity index (χ4v) is 4.46. The zero-order chi connectivity index (χ0) is 20.7. The van der Waals surface area contributed by atoms with E-state index in [1.54, 1.807) is 30.3 Å². The molecular weight excluding hydrogens is 505 g/mol. The first-order valence-corrected chi connectivity index (χ1v) is 10.3. The predicted octanol–water partition coefficient (Wildman–Crippen LogP) is 0.272. The molecule has 0 aliphatic carbocycles. The number of oxime groups is 1. The van der Waals surface area contributed by atoms with E-state index in [9.17, 15) is 19.2 Å². The van der Waals surface area contributed by atoms with E-state index in [4.69, 9.17) is 10.3 Å². The van der Waals surface area contributed by atoms with E-state index in [0.717, 1.165) is 11.9 Å². The number of carbonyl (C=O) groups excluding carboxylic acids is 3. The lowest BCUT2D eigenvalue weighted by molar-refractivity contribution is -0.153. The number of hydrogen-bond acceptors (Lipinski definition) is 8. The molecule has 1 aliphatic heterocycles. The lowest BCUT2D eigenvalue weighted by Gasteiger charge is -2.45. The third-order valence-electron chi connectivity index (χ3n) is 3.65. The highest BCUT2D eigenvalue weighted by molar-refractivity contribution is 14.1. The summed E-state index contributed by atoms with van der Waals surface area (Å²) < 4.78 is 6.31. The summed E-state index contributed by atoms with van der Waals surface area (Å²) in [7, 11) is 0. The minimum atomic E-state index is -1.27. The molecule has 1 fully saturated rings. The van der Waals surface area contributed by atoms with E-state index in [-0.39, 0.29) is 17.5 Å². The molecule has 1 aliphatic rings. The monoisotopic (exact) mass is 521 g/mol. The molecule has 2 unspecified atom stereocenters. The number of amides is 2. The quantitative estimate of drug-likeness (QED) is 0.0614. The van der Waals surface area contributed by atoms with Crippen molar-refractivity contribution in [1.82, 2.24) is 9.62 Å². The van der Waals surface area contributed by atoms with Crippen molar-refractivity contribution in [3.8, 4) is 0 Å². The molecule has 0 spiro atoms. The van der Waals surface area contributed by atoms with Gasteiger partial charge in [0.1, 0.15) is 11.8 Å². The Morgan fingerprint density at radius 1 is 1.29 bits per heavy atom. The van der Waals surface area contributed by atoms with Gasteiger partial charge in [0.05, 0.1) is 6.04 Å². The van der Waals surface area contributed by atoms with Crippen LogP contribution in [0.15, 0.2) is 35.5 Å². The van der Waals surface area contributed by atoms with Gasteiger partial charge in [-0.05, 0) is 11.9 Å². The first-order valence-electron chi connectivity index (χ1n) is 7.86. The topological polar surface area (TPSA) is 146 Å². The molecule has 12 heteroatoms. The molecule has 0 saturated carbocycles. The Kier molecular flexibility index (Phi) is 8.04. The molecule has 10 nitrogen and oxygen atoms in total. The van der Waals surface area contributed by atoms with Gasteiger partial charge in [-0.2, -0.15) is 0 Å². The summed E-state index contributed by atoms with van der Waals surface area (Å²) >= 11 is 2.93.